The van der Waals surface area contributed by atoms with Gasteiger partial charge in [-0.05, 0) is 13.8 Å². The summed E-state index contributed by atoms with van der Waals surface area (Å²) in [6.45, 7) is 3.49. The Morgan fingerprint density at radius 1 is 1.64 bits per heavy atom. The first kappa shape index (κ1) is 8.71. The van der Waals surface area contributed by atoms with Crippen LogP contribution < -0.4 is 0 Å². The summed E-state index contributed by atoms with van der Waals surface area (Å²) >= 11 is 3.24. The summed E-state index contributed by atoms with van der Waals surface area (Å²) in [4.78, 5) is 15.1. The van der Waals surface area contributed by atoms with Gasteiger partial charge in [0.2, 0.25) is 0 Å². The van der Waals surface area contributed by atoms with E-state index in [-0.39, 0.29) is 5.97 Å². The number of carbonyl (C=O) groups excluding carboxylic acids is 1. The van der Waals surface area contributed by atoms with Crippen LogP contribution in [-0.4, -0.2) is 22.7 Å². The zero-order valence-electron chi connectivity index (χ0n) is 6.56. The molecule has 1 aliphatic heterocycles. The van der Waals surface area contributed by atoms with E-state index in [0.29, 0.717) is 12.3 Å². The fourth-order valence-corrected chi connectivity index (χ4v) is 1.14. The van der Waals surface area contributed by atoms with E-state index in [9.17, 15) is 4.79 Å². The van der Waals surface area contributed by atoms with Gasteiger partial charge in [-0.3, -0.25) is 0 Å². The van der Waals surface area contributed by atoms with Gasteiger partial charge in [0.25, 0.3) is 0 Å². The summed E-state index contributed by atoms with van der Waals surface area (Å²) in [5.74, 6) is 0.283. The largest absolute Gasteiger partial charge is 0.410 e. The molecular weight excluding hydrogens is 210 g/mol. The number of ether oxygens (including phenoxy) is 1. The normalized spacial score (nSPS) is 21.4. The van der Waals surface area contributed by atoms with Crippen LogP contribution in [0.4, 0.5) is 0 Å². The second kappa shape index (κ2) is 2.93. The Bertz CT molecular complexity index is 210. The number of carbonyl (C=O) groups is 1. The Hall–Kier alpha value is -0.380. The predicted molar refractivity (Wildman–Crippen MR) is 46.0 cm³/mol. The molecule has 0 unspecified atom stereocenters. The number of aliphatic imine (C=N–C) groups is 1. The minimum absolute atomic E-state index is 0.256. The van der Waals surface area contributed by atoms with Crippen LogP contribution in [0.2, 0.25) is 0 Å². The van der Waals surface area contributed by atoms with Gasteiger partial charge >= 0.3 is 5.97 Å². The van der Waals surface area contributed by atoms with Gasteiger partial charge in [-0.2, -0.15) is 0 Å². The van der Waals surface area contributed by atoms with E-state index in [1.807, 2.05) is 0 Å². The first-order valence-electron chi connectivity index (χ1n) is 3.43. The highest BCUT2D eigenvalue weighted by molar-refractivity contribution is 9.09. The van der Waals surface area contributed by atoms with E-state index < -0.39 is 5.54 Å². The molecule has 62 valence electrons. The Morgan fingerprint density at radius 3 is 2.64 bits per heavy atom. The van der Waals surface area contributed by atoms with Crippen LogP contribution in [0.5, 0.6) is 0 Å². The van der Waals surface area contributed by atoms with E-state index in [2.05, 4.69) is 20.9 Å². The number of alkyl halides is 1. The maximum absolute atomic E-state index is 11.0. The highest BCUT2D eigenvalue weighted by Gasteiger charge is 2.36. The molecule has 0 aromatic heterocycles. The van der Waals surface area contributed by atoms with Gasteiger partial charge in [0.05, 0.1) is 0 Å². The lowest BCUT2D eigenvalue weighted by Crippen LogP contribution is -2.25. The highest BCUT2D eigenvalue weighted by Crippen LogP contribution is 2.20. The average molecular weight is 220 g/mol. The summed E-state index contributed by atoms with van der Waals surface area (Å²) in [7, 11) is 0. The molecule has 1 rings (SSSR count). The van der Waals surface area contributed by atoms with E-state index >= 15 is 0 Å². The van der Waals surface area contributed by atoms with Crippen molar-refractivity contribution in [1.82, 2.24) is 0 Å². The standard InChI is InChI=1S/C7H10BrNO2/c1-7(2)6(10)11-5(9-7)3-4-8/h3-4H2,1-2H3. The minimum Gasteiger partial charge on any atom is -0.410 e. The molecule has 0 spiro atoms. The summed E-state index contributed by atoms with van der Waals surface area (Å²) in [5, 5.41) is 0.773. The lowest BCUT2D eigenvalue weighted by atomic mass is 10.1. The molecule has 3 nitrogen and oxygen atoms in total. The second-order valence-corrected chi connectivity index (χ2v) is 3.69. The molecule has 0 atom stereocenters. The molecule has 0 aromatic rings. The molecule has 0 fully saturated rings. The lowest BCUT2D eigenvalue weighted by molar-refractivity contribution is -0.137. The molecule has 0 saturated heterocycles. The van der Waals surface area contributed by atoms with Gasteiger partial charge in [-0.15, -0.1) is 0 Å². The van der Waals surface area contributed by atoms with Crippen LogP contribution >= 0.6 is 15.9 Å². The summed E-state index contributed by atoms with van der Waals surface area (Å²) in [5.41, 5.74) is -0.669. The molecule has 0 N–H and O–H groups in total. The fraction of sp³-hybridized carbons (Fsp3) is 0.714. The van der Waals surface area contributed by atoms with Crippen molar-refractivity contribution < 1.29 is 9.53 Å². The van der Waals surface area contributed by atoms with Crippen molar-refractivity contribution in [3.63, 3.8) is 0 Å². The second-order valence-electron chi connectivity index (χ2n) is 2.89. The minimum atomic E-state index is -0.669. The number of nitrogens with zero attached hydrogens (tertiary/aromatic N) is 1. The number of halogens is 1. The van der Waals surface area contributed by atoms with Crippen LogP contribution in [0, 0.1) is 0 Å². The summed E-state index contributed by atoms with van der Waals surface area (Å²) < 4.78 is 4.90. The van der Waals surface area contributed by atoms with E-state index in [0.717, 1.165) is 5.33 Å². The number of hydrogen-bond donors (Lipinski definition) is 0. The monoisotopic (exact) mass is 219 g/mol. The number of hydrogen-bond acceptors (Lipinski definition) is 3. The summed E-state index contributed by atoms with van der Waals surface area (Å²) in [6.07, 6.45) is 0.676. The molecule has 11 heavy (non-hydrogen) atoms. The first-order valence-corrected chi connectivity index (χ1v) is 4.55. The van der Waals surface area contributed by atoms with Crippen LogP contribution in [0.15, 0.2) is 4.99 Å². The van der Waals surface area contributed by atoms with Gasteiger partial charge in [-0.1, -0.05) is 15.9 Å². The average Bonchev–Trinajstić information content (AvgIpc) is 2.08. The van der Waals surface area contributed by atoms with Gasteiger partial charge < -0.3 is 4.74 Å². The van der Waals surface area contributed by atoms with E-state index in [1.165, 1.54) is 0 Å². The molecule has 0 amide bonds. The third-order valence-corrected chi connectivity index (χ3v) is 1.82. The van der Waals surface area contributed by atoms with Crippen LogP contribution in [0.1, 0.15) is 20.3 Å². The van der Waals surface area contributed by atoms with Crippen molar-refractivity contribution in [2.45, 2.75) is 25.8 Å². The van der Waals surface area contributed by atoms with Gasteiger partial charge in [-0.25, -0.2) is 9.79 Å². The third kappa shape index (κ3) is 1.80. The Labute approximate surface area is 74.0 Å². The molecular formula is C7H10BrNO2. The number of rotatable bonds is 2. The van der Waals surface area contributed by atoms with Crippen LogP contribution in [0.25, 0.3) is 0 Å². The third-order valence-electron chi connectivity index (χ3n) is 1.42. The molecule has 0 bridgehead atoms. The van der Waals surface area contributed by atoms with Gasteiger partial charge in [0.15, 0.2) is 11.4 Å². The maximum atomic E-state index is 11.0. The Balaban J connectivity index is 2.68. The van der Waals surface area contributed by atoms with E-state index in [4.69, 9.17) is 4.74 Å². The summed E-state index contributed by atoms with van der Waals surface area (Å²) in [6, 6.07) is 0. The molecule has 4 heteroatoms. The lowest BCUT2D eigenvalue weighted by Gasteiger charge is -2.05. The Morgan fingerprint density at radius 2 is 2.27 bits per heavy atom. The molecule has 0 radical (unpaired) electrons. The van der Waals surface area contributed by atoms with Crippen molar-refractivity contribution in [3.05, 3.63) is 0 Å². The van der Waals surface area contributed by atoms with Crippen molar-refractivity contribution >= 4 is 27.8 Å². The molecule has 0 aromatic carbocycles. The molecule has 1 heterocycles. The van der Waals surface area contributed by atoms with Crippen molar-refractivity contribution in [2.75, 3.05) is 5.33 Å². The van der Waals surface area contributed by atoms with Crippen molar-refractivity contribution in [2.24, 2.45) is 4.99 Å². The highest BCUT2D eigenvalue weighted by atomic mass is 79.9. The SMILES string of the molecule is CC1(C)N=C(CCBr)OC1=O. The zero-order chi connectivity index (χ0) is 8.48. The van der Waals surface area contributed by atoms with E-state index in [1.54, 1.807) is 13.8 Å². The zero-order valence-corrected chi connectivity index (χ0v) is 8.14. The first-order chi connectivity index (χ1) is 5.06. The molecule has 0 saturated carbocycles. The maximum Gasteiger partial charge on any atom is 0.340 e. The quantitative estimate of drug-likeness (QED) is 0.522. The number of esters is 1. The topological polar surface area (TPSA) is 38.7 Å². The van der Waals surface area contributed by atoms with Crippen LogP contribution in [0.3, 0.4) is 0 Å². The fourth-order valence-electron chi connectivity index (χ4n) is 0.800. The smallest absolute Gasteiger partial charge is 0.340 e. The molecule has 1 aliphatic rings. The van der Waals surface area contributed by atoms with Crippen LogP contribution in [-0.2, 0) is 9.53 Å². The van der Waals surface area contributed by atoms with Crippen molar-refractivity contribution in [1.29, 1.82) is 0 Å². The van der Waals surface area contributed by atoms with Gasteiger partial charge in [0, 0.05) is 11.8 Å². The van der Waals surface area contributed by atoms with Crippen molar-refractivity contribution in [3.8, 4) is 0 Å². The predicted octanol–water partition coefficient (Wildman–Crippen LogP) is 1.51. The number of cyclic esters (lactones) is 1. The van der Waals surface area contributed by atoms with Gasteiger partial charge in [0.1, 0.15) is 0 Å². The molecule has 0 aliphatic carbocycles. The Kier molecular flexibility index (Phi) is 2.32.